The second-order valence-electron chi connectivity index (χ2n) is 8.23. The van der Waals surface area contributed by atoms with Crippen molar-refractivity contribution in [2.24, 2.45) is 0 Å². The molecule has 4 rings (SSSR count). The number of aliphatic hydroxyl groups excluding tert-OH is 1. The molecule has 0 aromatic heterocycles. The summed E-state index contributed by atoms with van der Waals surface area (Å²) in [4.78, 5) is 25.5. The molecule has 1 fully saturated rings. The Kier molecular flexibility index (Phi) is 8.80. The second kappa shape index (κ2) is 12.4. The van der Waals surface area contributed by atoms with E-state index in [1.54, 1.807) is 60.7 Å². The monoisotopic (exact) mass is 492 g/mol. The Hall–Kier alpha value is -3.56. The molecule has 0 spiro atoms. The largest absolute Gasteiger partial charge is 0.458 e. The van der Waals surface area contributed by atoms with Crippen molar-refractivity contribution in [2.45, 2.75) is 37.3 Å². The van der Waals surface area contributed by atoms with E-state index in [1.165, 1.54) is 7.11 Å². The first-order chi connectivity index (χ1) is 17.6. The van der Waals surface area contributed by atoms with Gasteiger partial charge in [-0.2, -0.15) is 0 Å². The summed E-state index contributed by atoms with van der Waals surface area (Å²) in [5.74, 6) is -1.21. The molecule has 0 aliphatic carbocycles. The predicted molar refractivity (Wildman–Crippen MR) is 129 cm³/mol. The van der Waals surface area contributed by atoms with Crippen LogP contribution >= 0.6 is 0 Å². The first-order valence-electron chi connectivity index (χ1n) is 11.6. The SMILES string of the molecule is CO[C@H]1O[C@H]([C@@H](COC(=O)c2ccccc2)OC(=O)c2ccccc2)[C@H](OCc2ccccc2)[C@@H]1O. The summed E-state index contributed by atoms with van der Waals surface area (Å²) in [6.07, 6.45) is -5.14. The number of carbonyl (C=O) groups excluding carboxylic acids is 2. The van der Waals surface area contributed by atoms with Crippen molar-refractivity contribution in [1.82, 2.24) is 0 Å². The van der Waals surface area contributed by atoms with Gasteiger partial charge in [-0.25, -0.2) is 9.59 Å². The topological polar surface area (TPSA) is 101 Å². The van der Waals surface area contributed by atoms with Gasteiger partial charge in [-0.15, -0.1) is 0 Å². The molecule has 3 aromatic carbocycles. The maximum atomic E-state index is 12.9. The Labute approximate surface area is 209 Å². The molecule has 8 heteroatoms. The van der Waals surface area contributed by atoms with E-state index in [0.29, 0.717) is 11.1 Å². The lowest BCUT2D eigenvalue weighted by Gasteiger charge is -2.28. The molecule has 36 heavy (non-hydrogen) atoms. The minimum absolute atomic E-state index is 0.183. The van der Waals surface area contributed by atoms with Crippen molar-refractivity contribution in [3.8, 4) is 0 Å². The van der Waals surface area contributed by atoms with E-state index in [2.05, 4.69) is 0 Å². The normalized spacial score (nSPS) is 22.1. The van der Waals surface area contributed by atoms with Crippen LogP contribution in [0.15, 0.2) is 91.0 Å². The Morgan fingerprint density at radius 3 is 2.00 bits per heavy atom. The molecule has 1 N–H and O–H groups in total. The Balaban J connectivity index is 1.54. The summed E-state index contributed by atoms with van der Waals surface area (Å²) in [5, 5.41) is 10.8. The van der Waals surface area contributed by atoms with E-state index >= 15 is 0 Å². The van der Waals surface area contributed by atoms with Gasteiger partial charge in [0.2, 0.25) is 0 Å². The zero-order valence-corrected chi connectivity index (χ0v) is 19.8. The first-order valence-corrected chi connectivity index (χ1v) is 11.6. The Morgan fingerprint density at radius 2 is 1.42 bits per heavy atom. The van der Waals surface area contributed by atoms with Crippen LogP contribution in [-0.4, -0.2) is 61.5 Å². The van der Waals surface area contributed by atoms with Crippen LogP contribution in [0.1, 0.15) is 26.3 Å². The third kappa shape index (κ3) is 6.35. The lowest BCUT2D eigenvalue weighted by molar-refractivity contribution is -0.168. The van der Waals surface area contributed by atoms with Crippen molar-refractivity contribution < 1.29 is 38.4 Å². The fraction of sp³-hybridized carbons (Fsp3) is 0.286. The molecule has 5 atom stereocenters. The summed E-state index contributed by atoms with van der Waals surface area (Å²) in [5.41, 5.74) is 1.56. The lowest BCUT2D eigenvalue weighted by atomic mass is 10.1. The van der Waals surface area contributed by atoms with Gasteiger partial charge in [0.25, 0.3) is 0 Å². The molecule has 1 aliphatic heterocycles. The molecular formula is C28H28O8. The van der Waals surface area contributed by atoms with Crippen LogP contribution in [-0.2, 0) is 30.3 Å². The summed E-state index contributed by atoms with van der Waals surface area (Å²) in [7, 11) is 1.39. The van der Waals surface area contributed by atoms with E-state index in [-0.39, 0.29) is 13.2 Å². The van der Waals surface area contributed by atoms with Crippen LogP contribution in [0.2, 0.25) is 0 Å². The van der Waals surface area contributed by atoms with E-state index in [1.807, 2.05) is 30.3 Å². The molecule has 1 heterocycles. The number of hydrogen-bond acceptors (Lipinski definition) is 8. The number of benzene rings is 3. The minimum Gasteiger partial charge on any atom is -0.458 e. The van der Waals surface area contributed by atoms with Gasteiger partial charge in [-0.05, 0) is 29.8 Å². The predicted octanol–water partition coefficient (Wildman–Crippen LogP) is 3.39. The van der Waals surface area contributed by atoms with E-state index < -0.39 is 42.6 Å². The second-order valence-corrected chi connectivity index (χ2v) is 8.23. The van der Waals surface area contributed by atoms with Gasteiger partial charge < -0.3 is 28.8 Å². The third-order valence-corrected chi connectivity index (χ3v) is 5.77. The van der Waals surface area contributed by atoms with Gasteiger partial charge in [0.15, 0.2) is 12.4 Å². The Morgan fingerprint density at radius 1 is 0.861 bits per heavy atom. The molecule has 188 valence electrons. The van der Waals surface area contributed by atoms with E-state index in [0.717, 1.165) is 5.56 Å². The van der Waals surface area contributed by atoms with Crippen LogP contribution in [0.5, 0.6) is 0 Å². The number of esters is 2. The molecular weight excluding hydrogens is 464 g/mol. The molecule has 3 aromatic rings. The fourth-order valence-electron chi connectivity index (χ4n) is 3.91. The van der Waals surface area contributed by atoms with Gasteiger partial charge in [0.05, 0.1) is 17.7 Å². The van der Waals surface area contributed by atoms with Gasteiger partial charge in [0.1, 0.15) is 24.9 Å². The van der Waals surface area contributed by atoms with Crippen molar-refractivity contribution >= 4 is 11.9 Å². The molecule has 0 saturated carbocycles. The standard InChI is InChI=1S/C28H28O8/c1-32-28-23(29)25(33-17-19-11-5-2-6-12-19)24(36-28)22(35-27(31)21-15-9-4-10-16-21)18-34-26(30)20-13-7-3-8-14-20/h2-16,22-25,28-29H,17-18H2,1H3/t22-,23+,24-,25-,28+/m1/s1. The maximum Gasteiger partial charge on any atom is 0.338 e. The van der Waals surface area contributed by atoms with Crippen LogP contribution in [0.25, 0.3) is 0 Å². The van der Waals surface area contributed by atoms with Crippen LogP contribution in [0, 0.1) is 0 Å². The van der Waals surface area contributed by atoms with E-state index in [9.17, 15) is 14.7 Å². The summed E-state index contributed by atoms with van der Waals surface area (Å²) < 4.78 is 28.4. The fourth-order valence-corrected chi connectivity index (χ4v) is 3.91. The third-order valence-electron chi connectivity index (χ3n) is 5.77. The molecule has 1 aliphatic rings. The molecule has 0 radical (unpaired) electrons. The summed E-state index contributed by atoms with van der Waals surface area (Å²) in [6, 6.07) is 26.3. The van der Waals surface area contributed by atoms with Gasteiger partial charge in [-0.3, -0.25) is 0 Å². The smallest absolute Gasteiger partial charge is 0.338 e. The number of hydrogen-bond donors (Lipinski definition) is 1. The Bertz CT molecular complexity index is 1110. The number of ether oxygens (including phenoxy) is 5. The van der Waals surface area contributed by atoms with Gasteiger partial charge in [0, 0.05) is 7.11 Å². The van der Waals surface area contributed by atoms with Crippen molar-refractivity contribution in [3.05, 3.63) is 108 Å². The first kappa shape index (κ1) is 25.5. The van der Waals surface area contributed by atoms with Crippen molar-refractivity contribution in [3.63, 3.8) is 0 Å². The summed E-state index contributed by atoms with van der Waals surface area (Å²) in [6.45, 7) is -0.132. The quantitative estimate of drug-likeness (QED) is 0.430. The average molecular weight is 493 g/mol. The highest BCUT2D eigenvalue weighted by molar-refractivity contribution is 5.90. The lowest BCUT2D eigenvalue weighted by Crippen LogP contribution is -2.45. The van der Waals surface area contributed by atoms with Crippen LogP contribution in [0.3, 0.4) is 0 Å². The molecule has 0 amide bonds. The highest BCUT2D eigenvalue weighted by Gasteiger charge is 2.50. The number of aliphatic hydroxyl groups is 1. The molecule has 0 unspecified atom stereocenters. The highest BCUT2D eigenvalue weighted by atomic mass is 16.7. The van der Waals surface area contributed by atoms with Crippen LogP contribution < -0.4 is 0 Å². The molecule has 0 bridgehead atoms. The molecule has 8 nitrogen and oxygen atoms in total. The molecule has 1 saturated heterocycles. The number of rotatable bonds is 10. The number of carbonyl (C=O) groups is 2. The van der Waals surface area contributed by atoms with Gasteiger partial charge >= 0.3 is 11.9 Å². The number of methoxy groups -OCH3 is 1. The highest BCUT2D eigenvalue weighted by Crippen LogP contribution is 2.30. The maximum absolute atomic E-state index is 12.9. The zero-order valence-electron chi connectivity index (χ0n) is 19.8. The average Bonchev–Trinajstić information content (AvgIpc) is 3.26. The van der Waals surface area contributed by atoms with E-state index in [4.69, 9.17) is 23.7 Å². The van der Waals surface area contributed by atoms with Gasteiger partial charge in [-0.1, -0.05) is 66.7 Å². The van der Waals surface area contributed by atoms with Crippen LogP contribution in [0.4, 0.5) is 0 Å². The zero-order chi connectivity index (χ0) is 25.3. The van der Waals surface area contributed by atoms with Crippen molar-refractivity contribution in [1.29, 1.82) is 0 Å². The van der Waals surface area contributed by atoms with Crippen molar-refractivity contribution in [2.75, 3.05) is 13.7 Å². The summed E-state index contributed by atoms with van der Waals surface area (Å²) >= 11 is 0. The minimum atomic E-state index is -1.16.